The summed E-state index contributed by atoms with van der Waals surface area (Å²) in [6, 6.07) is 11.5. The number of fused-ring (bicyclic) bond motifs is 1. The van der Waals surface area contributed by atoms with Crippen molar-refractivity contribution in [3.8, 4) is 16.9 Å². The molecular weight excluding hydrogens is 290 g/mol. The fraction of sp³-hybridized carbons (Fsp3) is 0.211. The Kier molecular flexibility index (Phi) is 4.06. The Morgan fingerprint density at radius 3 is 2.74 bits per heavy atom. The molecule has 0 aliphatic rings. The summed E-state index contributed by atoms with van der Waals surface area (Å²) >= 11 is 0. The van der Waals surface area contributed by atoms with E-state index in [1.807, 2.05) is 53.2 Å². The molecule has 0 spiro atoms. The maximum atomic E-state index is 11.8. The van der Waals surface area contributed by atoms with Crippen LogP contribution in [0.4, 0.5) is 0 Å². The topological polar surface area (TPSA) is 50.9 Å². The van der Waals surface area contributed by atoms with Gasteiger partial charge >= 0.3 is 5.97 Å². The third-order valence-electron chi connectivity index (χ3n) is 3.99. The minimum atomic E-state index is -0.934. The van der Waals surface area contributed by atoms with Crippen molar-refractivity contribution in [2.75, 3.05) is 7.11 Å². The van der Waals surface area contributed by atoms with E-state index in [2.05, 4.69) is 6.92 Å². The Hall–Kier alpha value is -2.75. The number of hydrogen-bond acceptors (Lipinski definition) is 2. The fourth-order valence-corrected chi connectivity index (χ4v) is 2.96. The zero-order valence-electron chi connectivity index (χ0n) is 13.2. The lowest BCUT2D eigenvalue weighted by Gasteiger charge is -2.10. The molecule has 0 fully saturated rings. The number of hydrogen-bond donors (Lipinski definition) is 1. The molecule has 0 aliphatic heterocycles. The van der Waals surface area contributed by atoms with Crippen LogP contribution in [0.25, 0.3) is 16.6 Å². The number of methoxy groups -OCH3 is 1. The Morgan fingerprint density at radius 1 is 1.22 bits per heavy atom. The summed E-state index contributed by atoms with van der Waals surface area (Å²) in [6.07, 6.45) is 5.70. The van der Waals surface area contributed by atoms with Crippen molar-refractivity contribution in [1.82, 2.24) is 4.40 Å². The van der Waals surface area contributed by atoms with Gasteiger partial charge in [-0.2, -0.15) is 0 Å². The highest BCUT2D eigenvalue weighted by Gasteiger charge is 2.20. The van der Waals surface area contributed by atoms with Crippen molar-refractivity contribution in [3.63, 3.8) is 0 Å². The monoisotopic (exact) mass is 309 g/mol. The number of carbonyl (C=O) groups is 1. The van der Waals surface area contributed by atoms with Gasteiger partial charge in [0.05, 0.1) is 18.2 Å². The van der Waals surface area contributed by atoms with E-state index in [1.165, 1.54) is 5.56 Å². The van der Waals surface area contributed by atoms with Crippen LogP contribution in [-0.2, 0) is 6.42 Å². The lowest BCUT2D eigenvalue weighted by Crippen LogP contribution is -1.99. The van der Waals surface area contributed by atoms with Crippen molar-refractivity contribution in [2.24, 2.45) is 0 Å². The lowest BCUT2D eigenvalue weighted by atomic mass is 9.98. The van der Waals surface area contributed by atoms with E-state index in [-0.39, 0.29) is 0 Å². The SMILES string of the molecule is CCCc1ccc(OC)c(-c2cn3ccccc3c2C(=O)O)c1. The highest BCUT2D eigenvalue weighted by Crippen LogP contribution is 2.36. The number of carboxylic acid groups (broad SMARTS) is 1. The van der Waals surface area contributed by atoms with Gasteiger partial charge in [0, 0.05) is 23.5 Å². The first-order valence-electron chi connectivity index (χ1n) is 7.66. The Bertz CT molecular complexity index is 864. The molecule has 4 heteroatoms. The molecular formula is C19H19NO3. The molecule has 0 atom stereocenters. The number of ether oxygens (including phenoxy) is 1. The minimum Gasteiger partial charge on any atom is -0.496 e. The van der Waals surface area contributed by atoms with Crippen molar-refractivity contribution < 1.29 is 14.6 Å². The van der Waals surface area contributed by atoms with Crippen LogP contribution < -0.4 is 4.74 Å². The number of benzene rings is 1. The number of aromatic carboxylic acids is 1. The average Bonchev–Trinajstić information content (AvgIpc) is 2.94. The maximum Gasteiger partial charge on any atom is 0.338 e. The van der Waals surface area contributed by atoms with E-state index in [0.29, 0.717) is 22.4 Å². The van der Waals surface area contributed by atoms with E-state index in [4.69, 9.17) is 4.74 Å². The van der Waals surface area contributed by atoms with Crippen LogP contribution in [0, 0.1) is 0 Å². The van der Waals surface area contributed by atoms with E-state index in [1.54, 1.807) is 7.11 Å². The molecule has 0 saturated heterocycles. The van der Waals surface area contributed by atoms with Crippen LogP contribution in [-0.4, -0.2) is 22.6 Å². The number of rotatable bonds is 5. The second kappa shape index (κ2) is 6.16. The number of aromatic nitrogens is 1. The fourth-order valence-electron chi connectivity index (χ4n) is 2.96. The summed E-state index contributed by atoms with van der Waals surface area (Å²) in [6.45, 7) is 2.12. The maximum absolute atomic E-state index is 11.8. The van der Waals surface area contributed by atoms with Gasteiger partial charge in [0.15, 0.2) is 0 Å². The molecule has 0 saturated carbocycles. The van der Waals surface area contributed by atoms with Crippen molar-refractivity contribution in [3.05, 3.63) is 59.9 Å². The molecule has 3 rings (SSSR count). The van der Waals surface area contributed by atoms with Gasteiger partial charge in [-0.05, 0) is 36.2 Å². The quantitative estimate of drug-likeness (QED) is 0.766. The minimum absolute atomic E-state index is 0.303. The van der Waals surface area contributed by atoms with Crippen molar-refractivity contribution >= 4 is 11.5 Å². The highest BCUT2D eigenvalue weighted by atomic mass is 16.5. The normalized spacial score (nSPS) is 10.9. The van der Waals surface area contributed by atoms with Gasteiger partial charge < -0.3 is 14.2 Å². The van der Waals surface area contributed by atoms with Gasteiger partial charge in [0.25, 0.3) is 0 Å². The summed E-state index contributed by atoms with van der Waals surface area (Å²) in [5.74, 6) is -0.250. The summed E-state index contributed by atoms with van der Waals surface area (Å²) in [5, 5.41) is 9.70. The molecule has 3 aromatic rings. The van der Waals surface area contributed by atoms with Crippen LogP contribution >= 0.6 is 0 Å². The van der Waals surface area contributed by atoms with Crippen LogP contribution in [0.5, 0.6) is 5.75 Å². The Labute approximate surface area is 135 Å². The molecule has 23 heavy (non-hydrogen) atoms. The molecule has 2 heterocycles. The third kappa shape index (κ3) is 2.68. The van der Waals surface area contributed by atoms with Gasteiger partial charge in [-0.25, -0.2) is 4.79 Å². The van der Waals surface area contributed by atoms with Gasteiger partial charge in [-0.15, -0.1) is 0 Å². The average molecular weight is 309 g/mol. The molecule has 1 N–H and O–H groups in total. The number of pyridine rings is 1. The molecule has 0 radical (unpaired) electrons. The number of carboxylic acids is 1. The van der Waals surface area contributed by atoms with E-state index >= 15 is 0 Å². The summed E-state index contributed by atoms with van der Waals surface area (Å²) < 4.78 is 7.30. The third-order valence-corrected chi connectivity index (χ3v) is 3.99. The van der Waals surface area contributed by atoms with Crippen LogP contribution in [0.2, 0.25) is 0 Å². The first-order chi connectivity index (χ1) is 11.2. The Balaban J connectivity index is 2.29. The van der Waals surface area contributed by atoms with Crippen LogP contribution in [0.3, 0.4) is 0 Å². The number of nitrogens with zero attached hydrogens (tertiary/aromatic N) is 1. The van der Waals surface area contributed by atoms with Crippen LogP contribution in [0.1, 0.15) is 29.3 Å². The zero-order valence-corrected chi connectivity index (χ0v) is 13.2. The Morgan fingerprint density at radius 2 is 2.04 bits per heavy atom. The van der Waals surface area contributed by atoms with Crippen LogP contribution in [0.15, 0.2) is 48.8 Å². The second-order valence-electron chi connectivity index (χ2n) is 5.50. The van der Waals surface area contributed by atoms with Gasteiger partial charge in [0.2, 0.25) is 0 Å². The predicted octanol–water partition coefficient (Wildman–Crippen LogP) is 4.27. The largest absolute Gasteiger partial charge is 0.496 e. The van der Waals surface area contributed by atoms with E-state index in [0.717, 1.165) is 18.4 Å². The van der Waals surface area contributed by atoms with Crippen molar-refractivity contribution in [1.29, 1.82) is 0 Å². The lowest BCUT2D eigenvalue weighted by molar-refractivity contribution is 0.0700. The molecule has 1 aromatic carbocycles. The first-order valence-corrected chi connectivity index (χ1v) is 7.66. The summed E-state index contributed by atoms with van der Waals surface area (Å²) in [7, 11) is 1.61. The second-order valence-corrected chi connectivity index (χ2v) is 5.50. The molecule has 2 aromatic heterocycles. The van der Waals surface area contributed by atoms with Crippen molar-refractivity contribution in [2.45, 2.75) is 19.8 Å². The smallest absolute Gasteiger partial charge is 0.338 e. The standard InChI is InChI=1S/C19H19NO3/c1-3-6-13-8-9-17(23-2)14(11-13)15-12-20-10-5-4-7-16(20)18(15)19(21)22/h4-5,7-12H,3,6H2,1-2H3,(H,21,22). The zero-order chi connectivity index (χ0) is 16.4. The van der Waals surface area contributed by atoms with E-state index in [9.17, 15) is 9.90 Å². The number of aryl methyl sites for hydroxylation is 1. The highest BCUT2D eigenvalue weighted by molar-refractivity contribution is 6.04. The molecule has 0 unspecified atom stereocenters. The first kappa shape index (κ1) is 15.2. The predicted molar refractivity (Wildman–Crippen MR) is 90.3 cm³/mol. The molecule has 0 aliphatic carbocycles. The van der Waals surface area contributed by atoms with Gasteiger partial charge in [-0.3, -0.25) is 0 Å². The summed E-state index contributed by atoms with van der Waals surface area (Å²) in [4.78, 5) is 11.8. The molecule has 4 nitrogen and oxygen atoms in total. The molecule has 0 bridgehead atoms. The van der Waals surface area contributed by atoms with E-state index < -0.39 is 5.97 Å². The van der Waals surface area contributed by atoms with Gasteiger partial charge in [-0.1, -0.05) is 25.5 Å². The molecule has 0 amide bonds. The summed E-state index contributed by atoms with van der Waals surface area (Å²) in [5.41, 5.74) is 3.66. The van der Waals surface area contributed by atoms with Gasteiger partial charge in [0.1, 0.15) is 5.75 Å². The molecule has 118 valence electrons.